The van der Waals surface area contributed by atoms with Gasteiger partial charge in [0.1, 0.15) is 0 Å². The zero-order chi connectivity index (χ0) is 13.8. The molecule has 0 amide bonds. The molecule has 0 spiro atoms. The smallest absolute Gasteiger partial charge is 0.315 e. The Kier molecular flexibility index (Phi) is 5.14. The van der Waals surface area contributed by atoms with Gasteiger partial charge in [-0.05, 0) is 18.5 Å². The van der Waals surface area contributed by atoms with Crippen molar-refractivity contribution in [3.8, 4) is 0 Å². The molecule has 0 aliphatic rings. The average molecular weight is 302 g/mol. The molecule has 0 saturated heterocycles. The molecule has 1 aromatic heterocycles. The van der Waals surface area contributed by atoms with Crippen molar-refractivity contribution in [2.24, 2.45) is 0 Å². The van der Waals surface area contributed by atoms with E-state index in [4.69, 9.17) is 0 Å². The molecule has 9 heteroatoms. The Hall–Kier alpha value is -0.640. The lowest BCUT2D eigenvalue weighted by Crippen LogP contribution is -2.28. The van der Waals surface area contributed by atoms with Crippen molar-refractivity contribution in [3.05, 3.63) is 16.3 Å². The summed E-state index contributed by atoms with van der Waals surface area (Å²) in [6, 6.07) is 1.38. The Morgan fingerprint density at radius 2 is 2.06 bits per heavy atom. The minimum absolute atomic E-state index is 0.0315. The lowest BCUT2D eigenvalue weighted by atomic mass is 10.4. The molecular weight excluding hydrogens is 289 g/mol. The molecule has 1 rings (SSSR count). The molecule has 0 fully saturated rings. The molecule has 0 radical (unpaired) electrons. The molecule has 4 nitrogen and oxygen atoms in total. The van der Waals surface area contributed by atoms with E-state index in [1.54, 1.807) is 12.4 Å². The van der Waals surface area contributed by atoms with E-state index in [1.165, 1.54) is 17.4 Å². The van der Waals surface area contributed by atoms with Gasteiger partial charge in [-0.15, -0.1) is 11.3 Å². The van der Waals surface area contributed by atoms with E-state index >= 15 is 0 Å². The number of nitrogens with one attached hydrogen (secondary N) is 2. The van der Waals surface area contributed by atoms with Crippen LogP contribution in [-0.2, 0) is 16.6 Å². The molecular formula is C9H13F3N2O2S2. The van der Waals surface area contributed by atoms with Crippen LogP contribution in [0, 0.1) is 0 Å². The van der Waals surface area contributed by atoms with Crippen LogP contribution in [0.5, 0.6) is 0 Å². The fourth-order valence-corrected chi connectivity index (χ4v) is 3.75. The van der Waals surface area contributed by atoms with Crippen LogP contribution in [0.1, 0.15) is 11.3 Å². The van der Waals surface area contributed by atoms with E-state index in [1.807, 2.05) is 4.72 Å². The van der Waals surface area contributed by atoms with E-state index in [2.05, 4.69) is 5.32 Å². The van der Waals surface area contributed by atoms with Crippen LogP contribution >= 0.6 is 11.3 Å². The van der Waals surface area contributed by atoms with Gasteiger partial charge in [-0.1, -0.05) is 0 Å². The summed E-state index contributed by atoms with van der Waals surface area (Å²) in [6.07, 6.45) is -5.55. The van der Waals surface area contributed by atoms with E-state index < -0.39 is 29.2 Å². The van der Waals surface area contributed by atoms with Crippen LogP contribution in [0.3, 0.4) is 0 Å². The quantitative estimate of drug-likeness (QED) is 0.841. The second-order valence-electron chi connectivity index (χ2n) is 3.50. The third kappa shape index (κ3) is 4.56. The third-order valence-corrected chi connectivity index (χ3v) is 4.63. The SMILES string of the molecule is CNCc1sccc1S(=O)(=O)NCCC(F)(F)F. The Labute approximate surface area is 107 Å². The number of rotatable bonds is 6. The van der Waals surface area contributed by atoms with Gasteiger partial charge in [0, 0.05) is 18.0 Å². The molecule has 18 heavy (non-hydrogen) atoms. The van der Waals surface area contributed by atoms with Crippen molar-refractivity contribution in [1.82, 2.24) is 10.0 Å². The molecule has 0 aromatic carbocycles. The first-order chi connectivity index (χ1) is 8.26. The monoisotopic (exact) mass is 302 g/mol. The van der Waals surface area contributed by atoms with Gasteiger partial charge in [-0.25, -0.2) is 13.1 Å². The maximum Gasteiger partial charge on any atom is 0.390 e. The molecule has 0 bridgehead atoms. The van der Waals surface area contributed by atoms with Gasteiger partial charge in [0.05, 0.1) is 11.3 Å². The summed E-state index contributed by atoms with van der Waals surface area (Å²) in [5, 5.41) is 4.39. The fourth-order valence-electron chi connectivity index (χ4n) is 1.26. The highest BCUT2D eigenvalue weighted by atomic mass is 32.2. The number of sulfonamides is 1. The van der Waals surface area contributed by atoms with Crippen LogP contribution < -0.4 is 10.0 Å². The number of thiophene rings is 1. The zero-order valence-corrected chi connectivity index (χ0v) is 11.2. The van der Waals surface area contributed by atoms with E-state index in [-0.39, 0.29) is 4.90 Å². The predicted octanol–water partition coefficient (Wildman–Crippen LogP) is 1.70. The van der Waals surface area contributed by atoms with Gasteiger partial charge < -0.3 is 5.32 Å². The first-order valence-electron chi connectivity index (χ1n) is 5.03. The first-order valence-corrected chi connectivity index (χ1v) is 7.40. The molecule has 2 N–H and O–H groups in total. The topological polar surface area (TPSA) is 58.2 Å². The second-order valence-corrected chi connectivity index (χ2v) is 6.24. The normalized spacial score (nSPS) is 12.9. The summed E-state index contributed by atoms with van der Waals surface area (Å²) in [5.41, 5.74) is 0. The second kappa shape index (κ2) is 6.00. The number of hydrogen-bond donors (Lipinski definition) is 2. The molecule has 1 heterocycles. The predicted molar refractivity (Wildman–Crippen MR) is 62.9 cm³/mol. The van der Waals surface area contributed by atoms with Gasteiger partial charge in [-0.2, -0.15) is 13.2 Å². The molecule has 0 saturated carbocycles. The first kappa shape index (κ1) is 15.4. The Bertz CT molecular complexity index is 482. The maximum atomic E-state index is 11.9. The minimum Gasteiger partial charge on any atom is -0.315 e. The average Bonchev–Trinajstić information content (AvgIpc) is 2.64. The zero-order valence-electron chi connectivity index (χ0n) is 9.54. The summed E-state index contributed by atoms with van der Waals surface area (Å²) in [4.78, 5) is 0.598. The standard InChI is InChI=1S/C9H13F3N2O2S2/c1-13-6-7-8(2-5-17-7)18(15,16)14-4-3-9(10,11)12/h2,5,13-14H,3-4,6H2,1H3. The molecule has 1 aromatic rings. The van der Waals surface area contributed by atoms with E-state index in [0.717, 1.165) is 0 Å². The molecule has 104 valence electrons. The summed E-state index contributed by atoms with van der Waals surface area (Å²) in [6.45, 7) is -0.298. The Morgan fingerprint density at radius 1 is 1.39 bits per heavy atom. The van der Waals surface area contributed by atoms with Crippen LogP contribution in [0.2, 0.25) is 0 Å². The van der Waals surface area contributed by atoms with Crippen LogP contribution in [0.25, 0.3) is 0 Å². The maximum absolute atomic E-state index is 11.9. The van der Waals surface area contributed by atoms with Gasteiger partial charge in [0.2, 0.25) is 10.0 Å². The summed E-state index contributed by atoms with van der Waals surface area (Å²) in [7, 11) is -2.21. The fraction of sp³-hybridized carbons (Fsp3) is 0.556. The highest BCUT2D eigenvalue weighted by molar-refractivity contribution is 7.89. The van der Waals surface area contributed by atoms with Crippen LogP contribution in [-0.4, -0.2) is 28.2 Å². The number of hydrogen-bond acceptors (Lipinski definition) is 4. The molecule has 0 unspecified atom stereocenters. The van der Waals surface area contributed by atoms with Crippen molar-refractivity contribution < 1.29 is 21.6 Å². The van der Waals surface area contributed by atoms with Crippen molar-refractivity contribution in [1.29, 1.82) is 0 Å². The minimum atomic E-state index is -4.37. The molecule has 0 atom stereocenters. The summed E-state index contributed by atoms with van der Waals surface area (Å²) >= 11 is 1.24. The molecule has 0 aliphatic heterocycles. The van der Waals surface area contributed by atoms with Gasteiger partial charge in [-0.3, -0.25) is 0 Å². The lowest BCUT2D eigenvalue weighted by Gasteiger charge is -2.09. The highest BCUT2D eigenvalue weighted by Crippen LogP contribution is 2.22. The molecule has 0 aliphatic carbocycles. The van der Waals surface area contributed by atoms with Crippen LogP contribution in [0.4, 0.5) is 13.2 Å². The van der Waals surface area contributed by atoms with Crippen molar-refractivity contribution in [2.75, 3.05) is 13.6 Å². The lowest BCUT2D eigenvalue weighted by molar-refractivity contribution is -0.132. The van der Waals surface area contributed by atoms with Crippen molar-refractivity contribution in [2.45, 2.75) is 24.0 Å². The van der Waals surface area contributed by atoms with Crippen molar-refractivity contribution in [3.63, 3.8) is 0 Å². The number of halogens is 3. The highest BCUT2D eigenvalue weighted by Gasteiger charge is 2.28. The largest absolute Gasteiger partial charge is 0.390 e. The summed E-state index contributed by atoms with van der Waals surface area (Å²) < 4.78 is 61.3. The van der Waals surface area contributed by atoms with Gasteiger partial charge in [0.15, 0.2) is 0 Å². The summed E-state index contributed by atoms with van der Waals surface area (Å²) in [5.74, 6) is 0. The van der Waals surface area contributed by atoms with E-state index in [9.17, 15) is 21.6 Å². The Morgan fingerprint density at radius 3 is 2.61 bits per heavy atom. The Balaban J connectivity index is 2.71. The number of alkyl halides is 3. The van der Waals surface area contributed by atoms with Crippen molar-refractivity contribution >= 4 is 21.4 Å². The van der Waals surface area contributed by atoms with Gasteiger partial charge in [0.25, 0.3) is 0 Å². The van der Waals surface area contributed by atoms with Gasteiger partial charge >= 0.3 is 6.18 Å². The van der Waals surface area contributed by atoms with Crippen LogP contribution in [0.15, 0.2) is 16.3 Å². The van der Waals surface area contributed by atoms with E-state index in [0.29, 0.717) is 11.4 Å². The third-order valence-electron chi connectivity index (χ3n) is 2.03.